The van der Waals surface area contributed by atoms with Crippen molar-refractivity contribution in [3.63, 3.8) is 0 Å². The molecule has 1 unspecified atom stereocenters. The molecular weight excluding hydrogens is 144 g/mol. The average Bonchev–Trinajstić information content (AvgIpc) is 2.03. The molecule has 0 aromatic carbocycles. The lowest BCUT2D eigenvalue weighted by molar-refractivity contribution is -0.138. The molecule has 1 atom stereocenters. The third-order valence-electron chi connectivity index (χ3n) is 1.75. The highest BCUT2D eigenvalue weighted by atomic mass is 16.5. The molecular formula is C7H14N2O2. The van der Waals surface area contributed by atoms with Gasteiger partial charge in [0.05, 0.1) is 13.2 Å². The van der Waals surface area contributed by atoms with Crippen molar-refractivity contribution in [3.05, 3.63) is 0 Å². The summed E-state index contributed by atoms with van der Waals surface area (Å²) in [6.07, 6.45) is 0.256. The number of nitrogens with two attached hydrogens (primary N) is 1. The summed E-state index contributed by atoms with van der Waals surface area (Å²) < 4.78 is 5.09. The first kappa shape index (κ1) is 8.49. The Balaban J connectivity index is 2.39. The van der Waals surface area contributed by atoms with Crippen LogP contribution in [-0.4, -0.2) is 36.7 Å². The van der Waals surface area contributed by atoms with Crippen LogP contribution < -0.4 is 5.73 Å². The molecule has 1 amide bonds. The van der Waals surface area contributed by atoms with Crippen LogP contribution in [0.15, 0.2) is 0 Å². The van der Waals surface area contributed by atoms with E-state index in [-0.39, 0.29) is 12.1 Å². The van der Waals surface area contributed by atoms with Crippen molar-refractivity contribution in [2.75, 3.05) is 19.7 Å². The summed E-state index contributed by atoms with van der Waals surface area (Å²) in [7, 11) is 0. The van der Waals surface area contributed by atoms with Crippen LogP contribution in [-0.2, 0) is 9.53 Å². The first-order valence-corrected chi connectivity index (χ1v) is 3.89. The third-order valence-corrected chi connectivity index (χ3v) is 1.75. The van der Waals surface area contributed by atoms with E-state index in [1.54, 1.807) is 4.90 Å². The predicted octanol–water partition coefficient (Wildman–Crippen LogP) is -0.460. The monoisotopic (exact) mass is 158 g/mol. The normalized spacial score (nSPS) is 25.3. The zero-order valence-corrected chi connectivity index (χ0v) is 6.75. The van der Waals surface area contributed by atoms with Crippen molar-refractivity contribution in [1.82, 2.24) is 4.90 Å². The minimum atomic E-state index is -0.292. The Kier molecular flexibility index (Phi) is 2.84. The number of carbonyl (C=O) groups is 1. The number of rotatable bonds is 1. The zero-order chi connectivity index (χ0) is 8.27. The smallest absolute Gasteiger partial charge is 0.222 e. The lowest BCUT2D eigenvalue weighted by Gasteiger charge is -2.30. The van der Waals surface area contributed by atoms with Gasteiger partial charge in [-0.1, -0.05) is 6.92 Å². The highest BCUT2D eigenvalue weighted by molar-refractivity contribution is 5.75. The molecule has 11 heavy (non-hydrogen) atoms. The van der Waals surface area contributed by atoms with Crippen LogP contribution in [0.4, 0.5) is 0 Å². The SMILES string of the molecule is CCC(=O)N1CCOC(N)C1. The Morgan fingerprint density at radius 2 is 2.55 bits per heavy atom. The molecule has 0 radical (unpaired) electrons. The van der Waals surface area contributed by atoms with Crippen molar-refractivity contribution >= 4 is 5.91 Å². The molecule has 0 aromatic heterocycles. The summed E-state index contributed by atoms with van der Waals surface area (Å²) in [5, 5.41) is 0. The van der Waals surface area contributed by atoms with Crippen LogP contribution in [0.3, 0.4) is 0 Å². The van der Waals surface area contributed by atoms with Crippen LogP contribution in [0.5, 0.6) is 0 Å². The second-order valence-corrected chi connectivity index (χ2v) is 2.60. The van der Waals surface area contributed by atoms with Crippen molar-refractivity contribution in [1.29, 1.82) is 0 Å². The molecule has 0 saturated carbocycles. The van der Waals surface area contributed by atoms with Gasteiger partial charge in [0.1, 0.15) is 6.23 Å². The van der Waals surface area contributed by atoms with E-state index in [1.165, 1.54) is 0 Å². The van der Waals surface area contributed by atoms with E-state index in [0.29, 0.717) is 26.1 Å². The minimum Gasteiger partial charge on any atom is -0.360 e. The second kappa shape index (κ2) is 3.69. The lowest BCUT2D eigenvalue weighted by atomic mass is 10.3. The van der Waals surface area contributed by atoms with Gasteiger partial charge in [0.25, 0.3) is 0 Å². The van der Waals surface area contributed by atoms with Gasteiger partial charge in [-0.3, -0.25) is 4.79 Å². The number of ether oxygens (including phenoxy) is 1. The Hall–Kier alpha value is -0.610. The number of amides is 1. The Morgan fingerprint density at radius 1 is 1.82 bits per heavy atom. The third kappa shape index (κ3) is 2.17. The molecule has 2 N–H and O–H groups in total. The molecule has 1 aliphatic heterocycles. The molecule has 0 bridgehead atoms. The maximum absolute atomic E-state index is 11.1. The van der Waals surface area contributed by atoms with E-state index >= 15 is 0 Å². The molecule has 1 saturated heterocycles. The molecule has 0 aliphatic carbocycles. The lowest BCUT2D eigenvalue weighted by Crippen LogP contribution is -2.48. The molecule has 4 nitrogen and oxygen atoms in total. The van der Waals surface area contributed by atoms with Crippen molar-refractivity contribution < 1.29 is 9.53 Å². The van der Waals surface area contributed by atoms with Crippen LogP contribution in [0.2, 0.25) is 0 Å². The van der Waals surface area contributed by atoms with Crippen LogP contribution in [0, 0.1) is 0 Å². The zero-order valence-electron chi connectivity index (χ0n) is 6.75. The second-order valence-electron chi connectivity index (χ2n) is 2.60. The number of hydrogen-bond donors (Lipinski definition) is 1. The molecule has 1 aliphatic rings. The van der Waals surface area contributed by atoms with E-state index in [9.17, 15) is 4.79 Å². The minimum absolute atomic E-state index is 0.156. The number of morpholine rings is 1. The van der Waals surface area contributed by atoms with E-state index in [4.69, 9.17) is 10.5 Å². The summed E-state index contributed by atoms with van der Waals surface area (Å²) in [5.41, 5.74) is 5.50. The standard InChI is InChI=1S/C7H14N2O2/c1-2-7(10)9-3-4-11-6(8)5-9/h6H,2-5,8H2,1H3. The molecule has 0 aromatic rings. The van der Waals surface area contributed by atoms with Gasteiger partial charge in [-0.05, 0) is 0 Å². The molecule has 64 valence electrons. The number of hydrogen-bond acceptors (Lipinski definition) is 3. The van der Waals surface area contributed by atoms with Gasteiger partial charge < -0.3 is 15.4 Å². The maximum Gasteiger partial charge on any atom is 0.222 e. The van der Waals surface area contributed by atoms with Crippen molar-refractivity contribution in [2.24, 2.45) is 5.73 Å². The van der Waals surface area contributed by atoms with Crippen LogP contribution >= 0.6 is 0 Å². The Bertz CT molecular complexity index is 149. The maximum atomic E-state index is 11.1. The topological polar surface area (TPSA) is 55.6 Å². The predicted molar refractivity (Wildman–Crippen MR) is 40.8 cm³/mol. The molecule has 4 heteroatoms. The largest absolute Gasteiger partial charge is 0.360 e. The Labute approximate surface area is 66.3 Å². The summed E-state index contributed by atoms with van der Waals surface area (Å²) in [5.74, 6) is 0.156. The first-order chi connectivity index (χ1) is 5.24. The fraction of sp³-hybridized carbons (Fsp3) is 0.857. The summed E-state index contributed by atoms with van der Waals surface area (Å²) >= 11 is 0. The molecule has 1 fully saturated rings. The highest BCUT2D eigenvalue weighted by Gasteiger charge is 2.19. The van der Waals surface area contributed by atoms with Crippen LogP contribution in [0.1, 0.15) is 13.3 Å². The van der Waals surface area contributed by atoms with Crippen molar-refractivity contribution in [3.8, 4) is 0 Å². The summed E-state index contributed by atoms with van der Waals surface area (Å²) in [6.45, 7) is 3.63. The molecule has 1 heterocycles. The van der Waals surface area contributed by atoms with Crippen LogP contribution in [0.25, 0.3) is 0 Å². The first-order valence-electron chi connectivity index (χ1n) is 3.89. The van der Waals surface area contributed by atoms with E-state index < -0.39 is 0 Å². The van der Waals surface area contributed by atoms with Gasteiger partial charge in [-0.2, -0.15) is 0 Å². The van der Waals surface area contributed by atoms with Crippen molar-refractivity contribution in [2.45, 2.75) is 19.6 Å². The Morgan fingerprint density at radius 3 is 3.09 bits per heavy atom. The van der Waals surface area contributed by atoms with E-state index in [2.05, 4.69) is 0 Å². The van der Waals surface area contributed by atoms with Gasteiger partial charge in [-0.25, -0.2) is 0 Å². The number of carbonyl (C=O) groups excluding carboxylic acids is 1. The fourth-order valence-corrected chi connectivity index (χ4v) is 1.13. The quantitative estimate of drug-likeness (QED) is 0.562. The van der Waals surface area contributed by atoms with Gasteiger partial charge in [-0.15, -0.1) is 0 Å². The fourth-order valence-electron chi connectivity index (χ4n) is 1.13. The molecule has 1 rings (SSSR count). The summed E-state index contributed by atoms with van der Waals surface area (Å²) in [6, 6.07) is 0. The van der Waals surface area contributed by atoms with E-state index in [0.717, 1.165) is 0 Å². The van der Waals surface area contributed by atoms with Gasteiger partial charge >= 0.3 is 0 Å². The molecule has 0 spiro atoms. The van der Waals surface area contributed by atoms with Gasteiger partial charge in [0, 0.05) is 13.0 Å². The highest BCUT2D eigenvalue weighted by Crippen LogP contribution is 2.02. The summed E-state index contributed by atoms with van der Waals surface area (Å²) in [4.78, 5) is 12.9. The average molecular weight is 158 g/mol. The van der Waals surface area contributed by atoms with Gasteiger partial charge in [0.15, 0.2) is 0 Å². The van der Waals surface area contributed by atoms with Gasteiger partial charge in [0.2, 0.25) is 5.91 Å². The number of nitrogens with zero attached hydrogens (tertiary/aromatic N) is 1. The van der Waals surface area contributed by atoms with E-state index in [1.807, 2.05) is 6.92 Å².